The second-order valence-electron chi connectivity index (χ2n) is 3.96. The third kappa shape index (κ3) is 11.0. The molecule has 0 aliphatic heterocycles. The highest BCUT2D eigenvalue weighted by Gasteiger charge is 2.01. The summed E-state index contributed by atoms with van der Waals surface area (Å²) in [5.41, 5.74) is 6.24. The molecular weight excluding hydrogens is 355 g/mol. The van der Waals surface area contributed by atoms with Gasteiger partial charge in [-0.15, -0.1) is 0 Å². The van der Waals surface area contributed by atoms with Gasteiger partial charge in [0.1, 0.15) is 6.79 Å². The van der Waals surface area contributed by atoms with Crippen LogP contribution in [0.1, 0.15) is 20.3 Å². The van der Waals surface area contributed by atoms with Gasteiger partial charge in [0.2, 0.25) is 0 Å². The number of halogens is 3. The zero-order valence-electron chi connectivity index (χ0n) is 13.6. The molecule has 0 amide bonds. The Labute approximate surface area is 153 Å². The van der Waals surface area contributed by atoms with Crippen LogP contribution in [0.5, 0.6) is 0 Å². The van der Waals surface area contributed by atoms with Gasteiger partial charge in [0.05, 0.1) is 10.7 Å². The number of nitrogens with one attached hydrogen (secondary N) is 1. The zero-order valence-corrected chi connectivity index (χ0v) is 15.8. The summed E-state index contributed by atoms with van der Waals surface area (Å²) in [4.78, 5) is 8.00. The molecule has 0 unspecified atom stereocenters. The fourth-order valence-electron chi connectivity index (χ4n) is 1.28. The molecule has 3 N–H and O–H groups in total. The van der Waals surface area contributed by atoms with Crippen LogP contribution in [0.15, 0.2) is 42.5 Å². The summed E-state index contributed by atoms with van der Waals surface area (Å²) in [6.45, 7) is 6.25. The van der Waals surface area contributed by atoms with E-state index in [2.05, 4.69) is 24.9 Å². The summed E-state index contributed by atoms with van der Waals surface area (Å²) in [7, 11) is 1.50. The van der Waals surface area contributed by atoms with Gasteiger partial charge in [-0.1, -0.05) is 55.1 Å². The van der Waals surface area contributed by atoms with Crippen molar-refractivity contribution in [3.05, 3.63) is 57.5 Å². The van der Waals surface area contributed by atoms with Crippen LogP contribution in [0, 0.1) is 0 Å². The first-order valence-electron chi connectivity index (χ1n) is 6.91. The van der Waals surface area contributed by atoms with Gasteiger partial charge >= 0.3 is 0 Å². The Balaban J connectivity index is 0. The largest absolute Gasteiger partial charge is 0.354 e. The van der Waals surface area contributed by atoms with Crippen molar-refractivity contribution in [3.63, 3.8) is 0 Å². The molecule has 0 atom stereocenters. The maximum absolute atomic E-state index is 8.00. The predicted octanol–water partition coefficient (Wildman–Crippen LogP) is 6.20. The number of rotatable bonds is 2. The van der Waals surface area contributed by atoms with E-state index in [1.807, 2.05) is 37.1 Å². The maximum atomic E-state index is 8.00. The van der Waals surface area contributed by atoms with Crippen molar-refractivity contribution in [3.8, 4) is 0 Å². The van der Waals surface area contributed by atoms with Crippen LogP contribution < -0.4 is 11.1 Å². The van der Waals surface area contributed by atoms with Crippen molar-refractivity contribution in [2.75, 3.05) is 12.4 Å². The molecule has 23 heavy (non-hydrogen) atoms. The third-order valence-electron chi connectivity index (χ3n) is 2.05. The predicted molar refractivity (Wildman–Crippen MR) is 104 cm³/mol. The Hall–Kier alpha value is -1.26. The van der Waals surface area contributed by atoms with E-state index in [0.717, 1.165) is 11.4 Å². The number of hydrogen-bond donors (Lipinski definition) is 2. The molecule has 2 aromatic rings. The molecule has 2 aromatic carbocycles. The average Bonchev–Trinajstić information content (AvgIpc) is 2.57. The van der Waals surface area contributed by atoms with Gasteiger partial charge in [-0.3, -0.25) is 0 Å². The van der Waals surface area contributed by atoms with E-state index >= 15 is 0 Å². The van der Waals surface area contributed by atoms with Gasteiger partial charge in [0.15, 0.2) is 0 Å². The molecule has 0 heterocycles. The van der Waals surface area contributed by atoms with Crippen molar-refractivity contribution in [1.29, 1.82) is 0 Å². The number of hydrogen-bond acceptors (Lipinski definition) is 3. The smallest absolute Gasteiger partial charge is 0.106 e. The molecule has 3 nitrogen and oxygen atoms in total. The van der Waals surface area contributed by atoms with Crippen LogP contribution in [-0.2, 0) is 4.79 Å². The summed E-state index contributed by atoms with van der Waals surface area (Å²) < 4.78 is 0. The molecule has 0 saturated carbocycles. The first-order chi connectivity index (χ1) is 11.1. The van der Waals surface area contributed by atoms with E-state index in [0.29, 0.717) is 15.1 Å². The van der Waals surface area contributed by atoms with Gasteiger partial charge < -0.3 is 15.8 Å². The van der Waals surface area contributed by atoms with Crippen LogP contribution in [-0.4, -0.2) is 13.8 Å². The first-order valence-corrected chi connectivity index (χ1v) is 8.04. The first kappa shape index (κ1) is 24.0. The van der Waals surface area contributed by atoms with Gasteiger partial charge in [0, 0.05) is 15.7 Å². The molecule has 0 fully saturated rings. The minimum Gasteiger partial charge on any atom is -0.354 e. The molecule has 128 valence electrons. The van der Waals surface area contributed by atoms with Crippen LogP contribution in [0.3, 0.4) is 0 Å². The Bertz CT molecular complexity index is 534. The molecule has 0 bridgehead atoms. The van der Waals surface area contributed by atoms with Gasteiger partial charge in [-0.25, -0.2) is 0 Å². The molecule has 0 spiro atoms. The van der Waals surface area contributed by atoms with Crippen LogP contribution in [0.2, 0.25) is 15.1 Å². The van der Waals surface area contributed by atoms with Crippen molar-refractivity contribution in [2.45, 2.75) is 20.3 Å². The quantitative estimate of drug-likeness (QED) is 0.655. The number of carbonyl (C=O) groups is 1. The summed E-state index contributed by atoms with van der Waals surface area (Å²) in [6, 6.07) is 12.7. The number of benzene rings is 2. The lowest BCUT2D eigenvalue weighted by Gasteiger charge is -2.08. The molecule has 0 aliphatic rings. The SMILES string of the molecule is C=O.CCC.CN.Clc1ccc(Nc2ccc(Cl)cc2Cl)cc1. The molecule has 0 radical (unpaired) electrons. The third-order valence-corrected chi connectivity index (χ3v) is 2.85. The van der Waals surface area contributed by atoms with E-state index in [-0.39, 0.29) is 0 Å². The normalized spacial score (nSPS) is 8.30. The minimum atomic E-state index is 0.586. The highest BCUT2D eigenvalue weighted by molar-refractivity contribution is 6.36. The summed E-state index contributed by atoms with van der Waals surface area (Å²) in [5.74, 6) is 0. The lowest BCUT2D eigenvalue weighted by molar-refractivity contribution is -0.0979. The van der Waals surface area contributed by atoms with Crippen molar-refractivity contribution >= 4 is 53.0 Å². The van der Waals surface area contributed by atoms with E-state index in [1.54, 1.807) is 12.1 Å². The molecule has 0 aromatic heterocycles. The molecule has 0 aliphatic carbocycles. The van der Waals surface area contributed by atoms with E-state index < -0.39 is 0 Å². The molecule has 0 saturated heterocycles. The fourth-order valence-corrected chi connectivity index (χ4v) is 1.86. The van der Waals surface area contributed by atoms with Gasteiger partial charge in [-0.2, -0.15) is 0 Å². The molecule has 6 heteroatoms. The highest BCUT2D eigenvalue weighted by Crippen LogP contribution is 2.28. The Morgan fingerprint density at radius 2 is 1.35 bits per heavy atom. The number of nitrogens with two attached hydrogens (primary N) is 1. The van der Waals surface area contributed by atoms with E-state index in [4.69, 9.17) is 39.6 Å². The minimum absolute atomic E-state index is 0.586. The molecular formula is C17H23Cl3N2O. The second-order valence-corrected chi connectivity index (χ2v) is 5.24. The number of carbonyl (C=O) groups excluding carboxylic acids is 1. The Morgan fingerprint density at radius 1 is 0.913 bits per heavy atom. The summed E-state index contributed by atoms with van der Waals surface area (Å²) >= 11 is 17.6. The van der Waals surface area contributed by atoms with Crippen LogP contribution in [0.25, 0.3) is 0 Å². The molecule has 2 rings (SSSR count). The van der Waals surface area contributed by atoms with Crippen molar-refractivity contribution in [1.82, 2.24) is 0 Å². The monoisotopic (exact) mass is 376 g/mol. The van der Waals surface area contributed by atoms with Gasteiger partial charge in [-0.05, 0) is 49.5 Å². The highest BCUT2D eigenvalue weighted by atomic mass is 35.5. The Kier molecular flexibility index (Phi) is 16.3. The maximum Gasteiger partial charge on any atom is 0.106 e. The van der Waals surface area contributed by atoms with Gasteiger partial charge in [0.25, 0.3) is 0 Å². The fraction of sp³-hybridized carbons (Fsp3) is 0.235. The zero-order chi connectivity index (χ0) is 18.3. The average molecular weight is 378 g/mol. The topological polar surface area (TPSA) is 55.1 Å². The second kappa shape index (κ2) is 15.6. The lowest BCUT2D eigenvalue weighted by Crippen LogP contribution is -1.90. The lowest BCUT2D eigenvalue weighted by atomic mass is 10.2. The Morgan fingerprint density at radius 3 is 1.78 bits per heavy atom. The van der Waals surface area contributed by atoms with E-state index in [1.165, 1.54) is 13.5 Å². The number of anilines is 2. The summed E-state index contributed by atoms with van der Waals surface area (Å²) in [6.07, 6.45) is 1.25. The standard InChI is InChI=1S/C12H8Cl3N.C3H8.CH5N.CH2O/c13-8-1-4-10(5-2-8)16-12-6-3-9(14)7-11(12)15;1-3-2;2*1-2/h1-7,16H;3H2,1-2H3;2H2,1H3;1H2. The van der Waals surface area contributed by atoms with Crippen LogP contribution in [0.4, 0.5) is 11.4 Å². The summed E-state index contributed by atoms with van der Waals surface area (Å²) in [5, 5.41) is 5.08. The van der Waals surface area contributed by atoms with Crippen molar-refractivity contribution < 1.29 is 4.79 Å². The van der Waals surface area contributed by atoms with Crippen LogP contribution >= 0.6 is 34.8 Å². The van der Waals surface area contributed by atoms with Crippen molar-refractivity contribution in [2.24, 2.45) is 5.73 Å². The van der Waals surface area contributed by atoms with E-state index in [9.17, 15) is 0 Å².